The molecule has 0 bridgehead atoms. The average Bonchev–Trinajstić information content (AvgIpc) is 2.81. The van der Waals surface area contributed by atoms with Crippen LogP contribution in [0.5, 0.6) is 0 Å². The Labute approximate surface area is 113 Å². The van der Waals surface area contributed by atoms with Gasteiger partial charge in [-0.2, -0.15) is 0 Å². The number of carbonyl (C=O) groups excluding carboxylic acids is 1. The van der Waals surface area contributed by atoms with Crippen molar-refractivity contribution in [1.29, 1.82) is 0 Å². The maximum atomic E-state index is 12.1. The first kappa shape index (κ1) is 13.5. The van der Waals surface area contributed by atoms with Crippen molar-refractivity contribution >= 4 is 17.2 Å². The van der Waals surface area contributed by atoms with Crippen LogP contribution in [-0.2, 0) is 11.3 Å². The van der Waals surface area contributed by atoms with Crippen LogP contribution in [-0.4, -0.2) is 55.5 Å². The van der Waals surface area contributed by atoms with Crippen molar-refractivity contribution in [1.82, 2.24) is 15.1 Å². The Hall–Kier alpha value is -0.910. The monoisotopic (exact) mass is 267 g/mol. The molecule has 0 aliphatic carbocycles. The van der Waals surface area contributed by atoms with Crippen molar-refractivity contribution in [3.8, 4) is 0 Å². The molecular formula is C13H21N3OS. The second-order valence-corrected chi connectivity index (χ2v) is 5.98. The summed E-state index contributed by atoms with van der Waals surface area (Å²) < 4.78 is 0. The number of amides is 1. The summed E-state index contributed by atoms with van der Waals surface area (Å²) in [7, 11) is 3.99. The molecular weight excluding hydrogens is 246 g/mol. The molecule has 1 aromatic rings. The van der Waals surface area contributed by atoms with Gasteiger partial charge in [0.25, 0.3) is 0 Å². The van der Waals surface area contributed by atoms with Gasteiger partial charge in [-0.3, -0.25) is 4.79 Å². The molecule has 1 fully saturated rings. The number of nitrogens with zero attached hydrogens (tertiary/aromatic N) is 2. The summed E-state index contributed by atoms with van der Waals surface area (Å²) in [5, 5.41) is 5.45. The lowest BCUT2D eigenvalue weighted by Gasteiger charge is -2.31. The molecule has 0 spiro atoms. The fourth-order valence-electron chi connectivity index (χ4n) is 2.22. The van der Waals surface area contributed by atoms with Gasteiger partial charge < -0.3 is 15.1 Å². The van der Waals surface area contributed by atoms with Gasteiger partial charge in [-0.05, 0) is 18.5 Å². The quantitative estimate of drug-likeness (QED) is 0.884. The van der Waals surface area contributed by atoms with Gasteiger partial charge in [0.1, 0.15) is 0 Å². The highest BCUT2D eigenvalue weighted by atomic mass is 32.1. The van der Waals surface area contributed by atoms with E-state index in [1.165, 1.54) is 4.88 Å². The summed E-state index contributed by atoms with van der Waals surface area (Å²) >= 11 is 1.70. The molecule has 1 N–H and O–H groups in total. The molecule has 2 rings (SSSR count). The molecule has 1 aromatic heterocycles. The molecule has 1 amide bonds. The number of carbonyl (C=O) groups is 1. The minimum Gasteiger partial charge on any atom is -0.341 e. The van der Waals surface area contributed by atoms with Gasteiger partial charge in [-0.15, -0.1) is 11.3 Å². The Bertz CT molecular complexity index is 380. The predicted octanol–water partition coefficient (Wildman–Crippen LogP) is 1.00. The van der Waals surface area contributed by atoms with E-state index in [1.54, 1.807) is 11.3 Å². The van der Waals surface area contributed by atoms with Crippen LogP contribution in [0.2, 0.25) is 0 Å². The van der Waals surface area contributed by atoms with E-state index in [4.69, 9.17) is 0 Å². The first-order valence-corrected chi connectivity index (χ1v) is 7.21. The van der Waals surface area contributed by atoms with Crippen LogP contribution >= 0.6 is 11.3 Å². The Morgan fingerprint density at radius 1 is 1.67 bits per heavy atom. The van der Waals surface area contributed by atoms with Crippen molar-refractivity contribution in [3.63, 3.8) is 0 Å². The number of rotatable bonds is 4. The van der Waals surface area contributed by atoms with Gasteiger partial charge in [0.15, 0.2) is 0 Å². The largest absolute Gasteiger partial charge is 0.341 e. The molecule has 100 valence electrons. The maximum absolute atomic E-state index is 12.1. The number of hydrogen-bond donors (Lipinski definition) is 1. The van der Waals surface area contributed by atoms with Gasteiger partial charge >= 0.3 is 0 Å². The van der Waals surface area contributed by atoms with Crippen molar-refractivity contribution in [2.24, 2.45) is 0 Å². The number of likely N-dealkylation sites (N-methyl/N-ethyl adjacent to an activating group) is 1. The number of nitrogens with one attached hydrogen (secondary N) is 1. The molecule has 4 nitrogen and oxygen atoms in total. The SMILES string of the molecule is CN1CCNC(CC(=O)N(C)Cc2cccs2)C1. The number of thiophene rings is 1. The van der Waals surface area contributed by atoms with Crippen LogP contribution < -0.4 is 5.32 Å². The first-order valence-electron chi connectivity index (χ1n) is 6.33. The van der Waals surface area contributed by atoms with Gasteiger partial charge in [-0.25, -0.2) is 0 Å². The summed E-state index contributed by atoms with van der Waals surface area (Å²) in [6.45, 7) is 3.72. The number of hydrogen-bond acceptors (Lipinski definition) is 4. The van der Waals surface area contributed by atoms with E-state index in [0.29, 0.717) is 12.5 Å². The van der Waals surface area contributed by atoms with Gasteiger partial charge in [0.05, 0.1) is 6.54 Å². The molecule has 0 saturated carbocycles. The molecule has 0 radical (unpaired) electrons. The second-order valence-electron chi connectivity index (χ2n) is 4.95. The third-order valence-corrected chi connectivity index (χ3v) is 4.14. The summed E-state index contributed by atoms with van der Waals surface area (Å²) in [5.41, 5.74) is 0. The zero-order valence-corrected chi connectivity index (χ0v) is 11.9. The summed E-state index contributed by atoms with van der Waals surface area (Å²) in [4.78, 5) is 17.4. The lowest BCUT2D eigenvalue weighted by atomic mass is 10.1. The Morgan fingerprint density at radius 2 is 2.50 bits per heavy atom. The highest BCUT2D eigenvalue weighted by Crippen LogP contribution is 2.12. The third-order valence-electron chi connectivity index (χ3n) is 3.28. The summed E-state index contributed by atoms with van der Waals surface area (Å²) in [5.74, 6) is 0.219. The maximum Gasteiger partial charge on any atom is 0.224 e. The Balaban J connectivity index is 1.79. The van der Waals surface area contributed by atoms with E-state index in [9.17, 15) is 4.79 Å². The van der Waals surface area contributed by atoms with Crippen LogP contribution in [0.1, 0.15) is 11.3 Å². The van der Waals surface area contributed by atoms with Crippen molar-refractivity contribution in [2.75, 3.05) is 33.7 Å². The Kier molecular flexibility index (Phi) is 4.74. The van der Waals surface area contributed by atoms with Crippen molar-refractivity contribution in [2.45, 2.75) is 19.0 Å². The normalized spacial score (nSPS) is 20.9. The van der Waals surface area contributed by atoms with Gasteiger partial charge in [0, 0.05) is 44.0 Å². The molecule has 0 aromatic carbocycles. The number of piperazine rings is 1. The van der Waals surface area contributed by atoms with Crippen LogP contribution in [0.15, 0.2) is 17.5 Å². The highest BCUT2D eigenvalue weighted by Gasteiger charge is 2.21. The van der Waals surface area contributed by atoms with Crippen LogP contribution in [0, 0.1) is 0 Å². The van der Waals surface area contributed by atoms with Crippen molar-refractivity contribution in [3.05, 3.63) is 22.4 Å². The smallest absolute Gasteiger partial charge is 0.224 e. The van der Waals surface area contributed by atoms with Gasteiger partial charge in [0.2, 0.25) is 5.91 Å². The molecule has 1 aliphatic heterocycles. The molecule has 1 aliphatic rings. The highest BCUT2D eigenvalue weighted by molar-refractivity contribution is 7.09. The third kappa shape index (κ3) is 3.80. The first-order chi connectivity index (χ1) is 8.65. The van der Waals surface area contributed by atoms with E-state index in [1.807, 2.05) is 23.4 Å². The van der Waals surface area contributed by atoms with Crippen LogP contribution in [0.3, 0.4) is 0 Å². The minimum atomic E-state index is 0.219. The van der Waals surface area contributed by atoms with Crippen molar-refractivity contribution < 1.29 is 4.79 Å². The standard InChI is InChI=1S/C13H21N3OS/c1-15-6-5-14-11(9-15)8-13(17)16(2)10-12-4-3-7-18-12/h3-4,7,11,14H,5-6,8-10H2,1-2H3. The van der Waals surface area contributed by atoms with Crippen LogP contribution in [0.4, 0.5) is 0 Å². The van der Waals surface area contributed by atoms with E-state index < -0.39 is 0 Å². The lowest BCUT2D eigenvalue weighted by Crippen LogP contribution is -2.50. The molecule has 1 atom stereocenters. The topological polar surface area (TPSA) is 35.6 Å². The summed E-state index contributed by atoms with van der Waals surface area (Å²) in [6.07, 6.45) is 0.589. The fourth-order valence-corrected chi connectivity index (χ4v) is 2.98. The molecule has 18 heavy (non-hydrogen) atoms. The second kappa shape index (κ2) is 6.31. The molecule has 5 heteroatoms. The molecule has 1 unspecified atom stereocenters. The van der Waals surface area contributed by atoms with E-state index in [0.717, 1.165) is 26.2 Å². The van der Waals surface area contributed by atoms with E-state index in [2.05, 4.69) is 23.3 Å². The predicted molar refractivity (Wildman–Crippen MR) is 74.7 cm³/mol. The molecule has 1 saturated heterocycles. The minimum absolute atomic E-state index is 0.219. The van der Waals surface area contributed by atoms with Gasteiger partial charge in [-0.1, -0.05) is 6.07 Å². The van der Waals surface area contributed by atoms with E-state index >= 15 is 0 Å². The lowest BCUT2D eigenvalue weighted by molar-refractivity contribution is -0.131. The average molecular weight is 267 g/mol. The fraction of sp³-hybridized carbons (Fsp3) is 0.615. The Morgan fingerprint density at radius 3 is 3.17 bits per heavy atom. The van der Waals surface area contributed by atoms with E-state index in [-0.39, 0.29) is 5.91 Å². The zero-order valence-electron chi connectivity index (χ0n) is 11.1. The van der Waals surface area contributed by atoms with Crippen LogP contribution in [0.25, 0.3) is 0 Å². The zero-order chi connectivity index (χ0) is 13.0. The molecule has 2 heterocycles. The summed E-state index contributed by atoms with van der Waals surface area (Å²) in [6, 6.07) is 4.39.